The number of carbonyl (C=O) groups excluding carboxylic acids is 1. The number of benzene rings is 1. The molecule has 1 atom stereocenters. The van der Waals surface area contributed by atoms with Crippen LogP contribution >= 0.6 is 0 Å². The highest BCUT2D eigenvalue weighted by Gasteiger charge is 2.33. The van der Waals surface area contributed by atoms with E-state index >= 15 is 0 Å². The van der Waals surface area contributed by atoms with Gasteiger partial charge in [0.1, 0.15) is 23.0 Å². The first-order valence-corrected chi connectivity index (χ1v) is 8.57. The van der Waals surface area contributed by atoms with Gasteiger partial charge in [-0.05, 0) is 36.8 Å². The molecule has 0 saturated heterocycles. The van der Waals surface area contributed by atoms with Crippen LogP contribution in [0.1, 0.15) is 29.0 Å². The van der Waals surface area contributed by atoms with Crippen molar-refractivity contribution < 1.29 is 14.3 Å². The van der Waals surface area contributed by atoms with E-state index in [1.54, 1.807) is 43.0 Å². The summed E-state index contributed by atoms with van der Waals surface area (Å²) in [7, 11) is 3.13. The number of hydrogen-bond donors (Lipinski definition) is 1. The van der Waals surface area contributed by atoms with E-state index in [-0.39, 0.29) is 17.9 Å². The molecule has 2 aromatic heterocycles. The molecule has 7 heteroatoms. The second-order valence-corrected chi connectivity index (χ2v) is 6.48. The summed E-state index contributed by atoms with van der Waals surface area (Å²) in [4.78, 5) is 29.7. The quantitative estimate of drug-likeness (QED) is 0.771. The molecule has 138 valence electrons. The van der Waals surface area contributed by atoms with E-state index in [1.165, 1.54) is 0 Å². The van der Waals surface area contributed by atoms with E-state index in [0.29, 0.717) is 28.5 Å². The molecule has 0 saturated carbocycles. The van der Waals surface area contributed by atoms with Gasteiger partial charge in [0.25, 0.3) is 5.56 Å². The van der Waals surface area contributed by atoms with Crippen molar-refractivity contribution in [1.29, 1.82) is 0 Å². The largest absolute Gasteiger partial charge is 0.497 e. The molecule has 1 N–H and O–H groups in total. The van der Waals surface area contributed by atoms with Crippen molar-refractivity contribution in [3.63, 3.8) is 0 Å². The maximum atomic E-state index is 12.9. The van der Waals surface area contributed by atoms with Crippen molar-refractivity contribution in [3.8, 4) is 11.5 Å². The number of amides is 1. The number of fused-ring (bicyclic) bond motifs is 3. The number of nitrogens with one attached hydrogen (secondary N) is 1. The summed E-state index contributed by atoms with van der Waals surface area (Å²) < 4.78 is 12.6. The molecule has 3 heterocycles. The minimum Gasteiger partial charge on any atom is -0.497 e. The summed E-state index contributed by atoms with van der Waals surface area (Å²) in [6, 6.07) is 9.09. The summed E-state index contributed by atoms with van der Waals surface area (Å²) in [6.07, 6.45) is 1.92. The van der Waals surface area contributed by atoms with Crippen molar-refractivity contribution in [2.75, 3.05) is 19.5 Å². The molecule has 1 aliphatic rings. The van der Waals surface area contributed by atoms with E-state index in [0.717, 1.165) is 11.1 Å². The zero-order valence-electron chi connectivity index (χ0n) is 15.3. The number of hydrogen-bond acceptors (Lipinski definition) is 5. The third kappa shape index (κ3) is 2.71. The van der Waals surface area contributed by atoms with Crippen LogP contribution in [0.3, 0.4) is 0 Å². The van der Waals surface area contributed by atoms with Gasteiger partial charge in [0.15, 0.2) is 0 Å². The molecular formula is C20H19N3O4. The third-order valence-electron chi connectivity index (χ3n) is 4.90. The zero-order valence-corrected chi connectivity index (χ0v) is 15.3. The van der Waals surface area contributed by atoms with Crippen molar-refractivity contribution in [1.82, 2.24) is 9.38 Å². The predicted octanol–water partition coefficient (Wildman–Crippen LogP) is 2.49. The van der Waals surface area contributed by atoms with Gasteiger partial charge in [-0.1, -0.05) is 6.07 Å². The van der Waals surface area contributed by atoms with Gasteiger partial charge in [0, 0.05) is 24.1 Å². The first-order chi connectivity index (χ1) is 13.0. The van der Waals surface area contributed by atoms with E-state index in [4.69, 9.17) is 9.47 Å². The molecular weight excluding hydrogens is 346 g/mol. The Morgan fingerprint density at radius 2 is 2.00 bits per heavy atom. The normalized spacial score (nSPS) is 16.0. The minimum atomic E-state index is -0.476. The second-order valence-electron chi connectivity index (χ2n) is 6.48. The molecule has 1 aromatic carbocycles. The van der Waals surface area contributed by atoms with Crippen LogP contribution in [-0.4, -0.2) is 29.5 Å². The van der Waals surface area contributed by atoms with Gasteiger partial charge >= 0.3 is 0 Å². The highest BCUT2D eigenvalue weighted by Crippen LogP contribution is 2.40. The maximum absolute atomic E-state index is 12.9. The Morgan fingerprint density at radius 1 is 1.19 bits per heavy atom. The molecule has 0 aliphatic carbocycles. The minimum absolute atomic E-state index is 0.130. The molecule has 4 rings (SSSR count). The molecule has 7 nitrogen and oxygen atoms in total. The first-order valence-electron chi connectivity index (χ1n) is 8.57. The number of carbonyl (C=O) groups is 1. The smallest absolute Gasteiger partial charge is 0.279 e. The summed E-state index contributed by atoms with van der Waals surface area (Å²) in [5.74, 6) is 1.03. The summed E-state index contributed by atoms with van der Waals surface area (Å²) >= 11 is 0. The number of nitrogens with zero attached hydrogens (tertiary/aromatic N) is 2. The van der Waals surface area contributed by atoms with Crippen LogP contribution < -0.4 is 20.3 Å². The van der Waals surface area contributed by atoms with Crippen LogP contribution in [-0.2, 0) is 4.79 Å². The van der Waals surface area contributed by atoms with Crippen LogP contribution in [0.4, 0.5) is 5.82 Å². The van der Waals surface area contributed by atoms with Crippen molar-refractivity contribution in [3.05, 3.63) is 63.6 Å². The number of rotatable bonds is 3. The number of aryl methyl sites for hydroxylation is 1. The lowest BCUT2D eigenvalue weighted by Gasteiger charge is -2.27. The topological polar surface area (TPSA) is 81.9 Å². The van der Waals surface area contributed by atoms with Crippen LogP contribution in [0.15, 0.2) is 41.3 Å². The number of pyridine rings is 1. The fourth-order valence-corrected chi connectivity index (χ4v) is 3.61. The number of methoxy groups -OCH3 is 2. The van der Waals surface area contributed by atoms with Gasteiger partial charge < -0.3 is 14.8 Å². The Bertz CT molecular complexity index is 1120. The highest BCUT2D eigenvalue weighted by atomic mass is 16.5. The first kappa shape index (κ1) is 17.1. The van der Waals surface area contributed by atoms with Gasteiger partial charge in [0.2, 0.25) is 5.91 Å². The average Bonchev–Trinajstić information content (AvgIpc) is 2.67. The molecule has 0 radical (unpaired) electrons. The Labute approximate surface area is 155 Å². The van der Waals surface area contributed by atoms with Crippen LogP contribution in [0, 0.1) is 6.92 Å². The summed E-state index contributed by atoms with van der Waals surface area (Å²) in [5, 5.41) is 2.85. The summed E-state index contributed by atoms with van der Waals surface area (Å²) in [6.45, 7) is 1.88. The lowest BCUT2D eigenvalue weighted by molar-refractivity contribution is -0.116. The van der Waals surface area contributed by atoms with Crippen molar-refractivity contribution in [2.45, 2.75) is 19.3 Å². The van der Waals surface area contributed by atoms with Crippen molar-refractivity contribution >= 4 is 17.4 Å². The third-order valence-corrected chi connectivity index (χ3v) is 4.90. The molecule has 1 aliphatic heterocycles. The van der Waals surface area contributed by atoms with E-state index < -0.39 is 5.92 Å². The highest BCUT2D eigenvalue weighted by molar-refractivity contribution is 5.95. The Balaban J connectivity index is 2.03. The molecule has 0 bridgehead atoms. The molecule has 0 unspecified atom stereocenters. The monoisotopic (exact) mass is 365 g/mol. The number of anilines is 1. The van der Waals surface area contributed by atoms with Crippen LogP contribution in [0.25, 0.3) is 5.65 Å². The van der Waals surface area contributed by atoms with Gasteiger partial charge in [-0.2, -0.15) is 4.98 Å². The second kappa shape index (κ2) is 6.42. The van der Waals surface area contributed by atoms with E-state index in [2.05, 4.69) is 10.3 Å². The number of ether oxygens (including phenoxy) is 2. The number of aromatic nitrogens is 2. The SMILES string of the molecule is COc1ccc(OC)c([C@H]2CC(=O)Nc3c2c(=O)nc2c(C)cccn32)c1. The van der Waals surface area contributed by atoms with Crippen LogP contribution in [0.5, 0.6) is 11.5 Å². The fraction of sp³-hybridized carbons (Fsp3) is 0.250. The van der Waals surface area contributed by atoms with E-state index in [1.807, 2.05) is 19.1 Å². The summed E-state index contributed by atoms with van der Waals surface area (Å²) in [5.41, 5.74) is 2.20. The van der Waals surface area contributed by atoms with E-state index in [9.17, 15) is 9.59 Å². The van der Waals surface area contributed by atoms with Gasteiger partial charge in [-0.25, -0.2) is 0 Å². The molecule has 0 spiro atoms. The van der Waals surface area contributed by atoms with Gasteiger partial charge in [-0.3, -0.25) is 14.0 Å². The van der Waals surface area contributed by atoms with Crippen molar-refractivity contribution in [2.24, 2.45) is 0 Å². The molecule has 3 aromatic rings. The lowest BCUT2D eigenvalue weighted by Crippen LogP contribution is -2.32. The van der Waals surface area contributed by atoms with Gasteiger partial charge in [0.05, 0.1) is 19.8 Å². The average molecular weight is 365 g/mol. The lowest BCUT2D eigenvalue weighted by atomic mass is 9.86. The fourth-order valence-electron chi connectivity index (χ4n) is 3.61. The van der Waals surface area contributed by atoms with Crippen LogP contribution in [0.2, 0.25) is 0 Å². The zero-order chi connectivity index (χ0) is 19.1. The molecule has 1 amide bonds. The Morgan fingerprint density at radius 3 is 2.74 bits per heavy atom. The Kier molecular flexibility index (Phi) is 4.07. The standard InChI is InChI=1S/C20H19N3O4/c1-11-5-4-8-23-18(11)22-20(25)17-14(10-16(24)21-19(17)23)13-9-12(26-2)6-7-15(13)27-3/h4-9,14H,10H2,1-3H3,(H,21,24)/t14-/m1/s1. The molecule has 0 fully saturated rings. The van der Waals surface area contributed by atoms with Gasteiger partial charge in [-0.15, -0.1) is 0 Å². The predicted molar refractivity (Wildman–Crippen MR) is 101 cm³/mol. The maximum Gasteiger partial charge on any atom is 0.279 e. The molecule has 27 heavy (non-hydrogen) atoms. The Hall–Kier alpha value is -3.35.